The molecular formula is C11H16ClNO3. The first-order chi connectivity index (χ1) is 7.26. The number of nitrogens with one attached hydrogen (secondary N) is 1. The van der Waals surface area contributed by atoms with E-state index in [9.17, 15) is 5.11 Å². The molecular weight excluding hydrogens is 230 g/mol. The summed E-state index contributed by atoms with van der Waals surface area (Å²) in [4.78, 5) is 0. The van der Waals surface area contributed by atoms with E-state index in [2.05, 4.69) is 5.32 Å². The monoisotopic (exact) mass is 245 g/mol. The zero-order valence-electron chi connectivity index (χ0n) is 9.32. The maximum atomic E-state index is 9.87. The van der Waals surface area contributed by atoms with Gasteiger partial charge in [0.2, 0.25) is 0 Å². The molecule has 1 heterocycles. The Morgan fingerprint density at radius 2 is 2.00 bits per heavy atom. The number of benzene rings is 1. The van der Waals surface area contributed by atoms with Crippen LogP contribution in [0.25, 0.3) is 0 Å². The minimum Gasteiger partial charge on any atom is -0.507 e. The highest BCUT2D eigenvalue weighted by Crippen LogP contribution is 2.40. The van der Waals surface area contributed by atoms with Crippen molar-refractivity contribution in [1.82, 2.24) is 5.32 Å². The van der Waals surface area contributed by atoms with Gasteiger partial charge in [-0.05, 0) is 13.0 Å². The molecule has 1 saturated heterocycles. The van der Waals surface area contributed by atoms with Gasteiger partial charge in [-0.15, -0.1) is 12.4 Å². The van der Waals surface area contributed by atoms with Gasteiger partial charge in [-0.25, -0.2) is 0 Å². The molecule has 0 aromatic heterocycles. The standard InChI is InChI=1S/C11H15NO3.ClH/c1-14-7-5-9(13)11(8-3-4-12-8)10(6-7)15-2;/h5-6,8,12-13H,3-4H2,1-2H3;1H/t8-;/m1./s1. The Balaban J connectivity index is 0.00000128. The lowest BCUT2D eigenvalue weighted by molar-refractivity contribution is 0.332. The van der Waals surface area contributed by atoms with Crippen LogP contribution in [0.1, 0.15) is 18.0 Å². The number of hydrogen-bond acceptors (Lipinski definition) is 4. The SMILES string of the molecule is COc1cc(O)c([C@H]2CCN2)c(OC)c1.Cl. The molecule has 0 saturated carbocycles. The average molecular weight is 246 g/mol. The van der Waals surface area contributed by atoms with Crippen molar-refractivity contribution in [2.45, 2.75) is 12.5 Å². The highest BCUT2D eigenvalue weighted by atomic mass is 35.5. The fourth-order valence-corrected chi connectivity index (χ4v) is 1.76. The second-order valence-corrected chi connectivity index (χ2v) is 3.56. The minimum atomic E-state index is 0. The van der Waals surface area contributed by atoms with Crippen molar-refractivity contribution < 1.29 is 14.6 Å². The number of aromatic hydroxyl groups is 1. The highest BCUT2D eigenvalue weighted by molar-refractivity contribution is 5.85. The molecule has 1 aromatic carbocycles. The third-order valence-corrected chi connectivity index (χ3v) is 2.72. The lowest BCUT2D eigenvalue weighted by atomic mass is 9.96. The van der Waals surface area contributed by atoms with Gasteiger partial charge < -0.3 is 19.9 Å². The first-order valence-electron chi connectivity index (χ1n) is 4.94. The summed E-state index contributed by atoms with van der Waals surface area (Å²) in [5.41, 5.74) is 0.824. The number of methoxy groups -OCH3 is 2. The largest absolute Gasteiger partial charge is 0.507 e. The van der Waals surface area contributed by atoms with E-state index in [1.807, 2.05) is 0 Å². The van der Waals surface area contributed by atoms with Gasteiger partial charge in [0.25, 0.3) is 0 Å². The van der Waals surface area contributed by atoms with E-state index in [1.54, 1.807) is 26.4 Å². The maximum absolute atomic E-state index is 9.87. The van der Waals surface area contributed by atoms with Crippen molar-refractivity contribution in [2.75, 3.05) is 20.8 Å². The van der Waals surface area contributed by atoms with E-state index >= 15 is 0 Å². The van der Waals surface area contributed by atoms with E-state index in [0.717, 1.165) is 18.5 Å². The fourth-order valence-electron chi connectivity index (χ4n) is 1.76. The first kappa shape index (κ1) is 12.9. The number of ether oxygens (including phenoxy) is 2. The van der Waals surface area contributed by atoms with Crippen molar-refractivity contribution in [3.63, 3.8) is 0 Å². The summed E-state index contributed by atoms with van der Waals surface area (Å²) in [5.74, 6) is 1.50. The van der Waals surface area contributed by atoms with Crippen LogP contribution in [0, 0.1) is 0 Å². The second-order valence-electron chi connectivity index (χ2n) is 3.56. The van der Waals surface area contributed by atoms with Gasteiger partial charge in [0.05, 0.1) is 19.8 Å². The predicted molar refractivity (Wildman–Crippen MR) is 63.8 cm³/mol. The lowest BCUT2D eigenvalue weighted by Gasteiger charge is -2.30. The third-order valence-electron chi connectivity index (χ3n) is 2.72. The summed E-state index contributed by atoms with van der Waals surface area (Å²) < 4.78 is 10.3. The maximum Gasteiger partial charge on any atom is 0.131 e. The molecule has 0 radical (unpaired) electrons. The fraction of sp³-hybridized carbons (Fsp3) is 0.455. The Morgan fingerprint density at radius 1 is 1.31 bits per heavy atom. The van der Waals surface area contributed by atoms with Gasteiger partial charge >= 0.3 is 0 Å². The molecule has 1 aromatic rings. The summed E-state index contributed by atoms with van der Waals surface area (Å²) in [6.45, 7) is 0.985. The summed E-state index contributed by atoms with van der Waals surface area (Å²) >= 11 is 0. The Labute approximate surface area is 101 Å². The van der Waals surface area contributed by atoms with Gasteiger partial charge in [0.1, 0.15) is 17.2 Å². The second kappa shape index (κ2) is 5.27. The Kier molecular flexibility index (Phi) is 4.26. The smallest absolute Gasteiger partial charge is 0.131 e. The van der Waals surface area contributed by atoms with Gasteiger partial charge in [0, 0.05) is 18.2 Å². The van der Waals surface area contributed by atoms with Crippen LogP contribution < -0.4 is 14.8 Å². The van der Waals surface area contributed by atoms with Crippen molar-refractivity contribution >= 4 is 12.4 Å². The quantitative estimate of drug-likeness (QED) is 0.854. The van der Waals surface area contributed by atoms with Crippen LogP contribution in [0.3, 0.4) is 0 Å². The van der Waals surface area contributed by atoms with Crippen molar-refractivity contribution in [3.8, 4) is 17.2 Å². The van der Waals surface area contributed by atoms with E-state index in [4.69, 9.17) is 9.47 Å². The average Bonchev–Trinajstić information content (AvgIpc) is 2.17. The summed E-state index contributed by atoms with van der Waals surface area (Å²) in [6, 6.07) is 3.60. The van der Waals surface area contributed by atoms with Gasteiger partial charge in [0.15, 0.2) is 0 Å². The van der Waals surface area contributed by atoms with Gasteiger partial charge in [-0.2, -0.15) is 0 Å². The molecule has 0 aliphatic carbocycles. The molecule has 0 unspecified atom stereocenters. The van der Waals surface area contributed by atoms with E-state index in [-0.39, 0.29) is 24.2 Å². The molecule has 1 atom stereocenters. The van der Waals surface area contributed by atoms with Crippen molar-refractivity contribution in [2.24, 2.45) is 0 Å². The zero-order valence-corrected chi connectivity index (χ0v) is 10.1. The van der Waals surface area contributed by atoms with Crippen LogP contribution in [0.15, 0.2) is 12.1 Å². The van der Waals surface area contributed by atoms with Gasteiger partial charge in [-0.3, -0.25) is 0 Å². The molecule has 0 bridgehead atoms. The molecule has 1 aliphatic heterocycles. The predicted octanol–water partition coefficient (Wildman–Crippen LogP) is 1.87. The molecule has 5 heteroatoms. The minimum absolute atomic E-state index is 0. The number of hydrogen-bond donors (Lipinski definition) is 2. The summed E-state index contributed by atoms with van der Waals surface area (Å²) in [7, 11) is 3.16. The van der Waals surface area contributed by atoms with Crippen LogP contribution >= 0.6 is 12.4 Å². The third kappa shape index (κ3) is 2.18. The van der Waals surface area contributed by atoms with Gasteiger partial charge in [-0.1, -0.05) is 0 Å². The normalized spacial score (nSPS) is 18.2. The van der Waals surface area contributed by atoms with Crippen LogP contribution in [0.2, 0.25) is 0 Å². The lowest BCUT2D eigenvalue weighted by Crippen LogP contribution is -2.35. The van der Waals surface area contributed by atoms with Crippen molar-refractivity contribution in [1.29, 1.82) is 0 Å². The molecule has 1 fully saturated rings. The van der Waals surface area contributed by atoms with Crippen LogP contribution in [0.4, 0.5) is 0 Å². The Morgan fingerprint density at radius 3 is 2.44 bits per heavy atom. The van der Waals surface area contributed by atoms with Crippen LogP contribution in [-0.4, -0.2) is 25.9 Å². The first-order valence-corrected chi connectivity index (χ1v) is 4.94. The summed E-state index contributed by atoms with van der Waals surface area (Å²) in [6.07, 6.45) is 1.02. The molecule has 4 nitrogen and oxygen atoms in total. The molecule has 2 N–H and O–H groups in total. The topological polar surface area (TPSA) is 50.7 Å². The zero-order chi connectivity index (χ0) is 10.8. The van der Waals surface area contributed by atoms with Crippen LogP contribution in [-0.2, 0) is 0 Å². The molecule has 1 aliphatic rings. The van der Waals surface area contributed by atoms with Crippen molar-refractivity contribution in [3.05, 3.63) is 17.7 Å². The number of halogens is 1. The van der Waals surface area contributed by atoms with E-state index < -0.39 is 0 Å². The molecule has 0 amide bonds. The highest BCUT2D eigenvalue weighted by Gasteiger charge is 2.25. The number of rotatable bonds is 3. The van der Waals surface area contributed by atoms with E-state index in [0.29, 0.717) is 11.5 Å². The molecule has 16 heavy (non-hydrogen) atoms. The molecule has 90 valence electrons. The molecule has 0 spiro atoms. The number of phenolic OH excluding ortho intramolecular Hbond substituents is 1. The molecule has 2 rings (SSSR count). The summed E-state index contributed by atoms with van der Waals surface area (Å²) in [5, 5.41) is 13.1. The Bertz CT molecular complexity index is 366. The number of phenols is 1. The Hall–Kier alpha value is -1.13. The van der Waals surface area contributed by atoms with E-state index in [1.165, 1.54) is 0 Å². The van der Waals surface area contributed by atoms with Crippen LogP contribution in [0.5, 0.6) is 17.2 Å².